The minimum Gasteiger partial charge on any atom is -0.404 e. The molecule has 9 heteroatoms. The van der Waals surface area contributed by atoms with Crippen LogP contribution in [0.3, 0.4) is 0 Å². The standard InChI is InChI=1S/C21H25F3N2O3S/c1-26(17-10-3-2-4-11-17)15-16-9-5-6-12-18(16)25-30(27,28)20-14-8-7-13-19(20)29-21(22,23)24/h5-9,12-14,17,25H,2-4,10-11,15H2,1H3. The number of sulfonamides is 1. The smallest absolute Gasteiger partial charge is 0.404 e. The third-order valence-corrected chi connectivity index (χ3v) is 6.65. The molecule has 1 N–H and O–H groups in total. The SMILES string of the molecule is CN(Cc1ccccc1NS(=O)(=O)c1ccccc1OC(F)(F)F)C1CCCCC1. The van der Waals surface area contributed by atoms with Gasteiger partial charge in [0, 0.05) is 12.6 Å². The fraction of sp³-hybridized carbons (Fsp3) is 0.429. The highest BCUT2D eigenvalue weighted by Crippen LogP contribution is 2.31. The fourth-order valence-corrected chi connectivity index (χ4v) is 4.99. The van der Waals surface area contributed by atoms with Crippen molar-refractivity contribution in [1.82, 2.24) is 4.90 Å². The third-order valence-electron chi connectivity index (χ3n) is 5.24. The monoisotopic (exact) mass is 442 g/mol. The lowest BCUT2D eigenvalue weighted by Crippen LogP contribution is -2.33. The molecule has 0 unspecified atom stereocenters. The van der Waals surface area contributed by atoms with Crippen LogP contribution in [0.5, 0.6) is 5.75 Å². The van der Waals surface area contributed by atoms with Crippen LogP contribution in [-0.2, 0) is 16.6 Å². The predicted octanol–water partition coefficient (Wildman–Crippen LogP) is 5.15. The van der Waals surface area contributed by atoms with Gasteiger partial charge in [0.2, 0.25) is 0 Å². The summed E-state index contributed by atoms with van der Waals surface area (Å²) in [4.78, 5) is 1.63. The van der Waals surface area contributed by atoms with Gasteiger partial charge in [0.25, 0.3) is 10.0 Å². The molecule has 0 heterocycles. The second-order valence-electron chi connectivity index (χ2n) is 7.46. The van der Waals surface area contributed by atoms with Gasteiger partial charge in [0.05, 0.1) is 5.69 Å². The molecule has 0 aliphatic heterocycles. The van der Waals surface area contributed by atoms with Crippen LogP contribution in [0.2, 0.25) is 0 Å². The first-order valence-corrected chi connectivity index (χ1v) is 11.3. The molecule has 0 saturated heterocycles. The maximum Gasteiger partial charge on any atom is 0.573 e. The van der Waals surface area contributed by atoms with Gasteiger partial charge >= 0.3 is 6.36 Å². The van der Waals surface area contributed by atoms with Crippen LogP contribution in [0.25, 0.3) is 0 Å². The molecule has 0 atom stereocenters. The molecule has 1 saturated carbocycles. The summed E-state index contributed by atoms with van der Waals surface area (Å²) < 4.78 is 70.1. The summed E-state index contributed by atoms with van der Waals surface area (Å²) in [5.41, 5.74) is 1.09. The van der Waals surface area contributed by atoms with Gasteiger partial charge in [-0.25, -0.2) is 8.42 Å². The molecule has 2 aromatic carbocycles. The number of rotatable bonds is 7. The average Bonchev–Trinajstić information content (AvgIpc) is 2.69. The molecule has 0 spiro atoms. The molecule has 3 rings (SSSR count). The highest BCUT2D eigenvalue weighted by Gasteiger charge is 2.34. The van der Waals surface area contributed by atoms with Crippen LogP contribution < -0.4 is 9.46 Å². The van der Waals surface area contributed by atoms with Crippen LogP contribution in [0, 0.1) is 0 Å². The molecule has 2 aromatic rings. The second-order valence-corrected chi connectivity index (χ2v) is 9.11. The fourth-order valence-electron chi connectivity index (χ4n) is 3.76. The summed E-state index contributed by atoms with van der Waals surface area (Å²) in [6.45, 7) is 0.532. The van der Waals surface area contributed by atoms with Crippen molar-refractivity contribution in [3.63, 3.8) is 0 Å². The topological polar surface area (TPSA) is 58.6 Å². The minimum atomic E-state index is -4.99. The summed E-state index contributed by atoms with van der Waals surface area (Å²) in [5.74, 6) is -0.769. The molecule has 164 valence electrons. The molecule has 0 amide bonds. The van der Waals surface area contributed by atoms with Crippen LogP contribution >= 0.6 is 0 Å². The van der Waals surface area contributed by atoms with Crippen LogP contribution in [0.15, 0.2) is 53.4 Å². The van der Waals surface area contributed by atoms with Gasteiger partial charge < -0.3 is 4.74 Å². The van der Waals surface area contributed by atoms with E-state index in [1.807, 2.05) is 19.2 Å². The van der Waals surface area contributed by atoms with Gasteiger partial charge in [-0.05, 0) is 43.7 Å². The maximum absolute atomic E-state index is 12.9. The van der Waals surface area contributed by atoms with Crippen molar-refractivity contribution in [3.05, 3.63) is 54.1 Å². The second kappa shape index (κ2) is 9.26. The molecular weight excluding hydrogens is 417 g/mol. The van der Waals surface area contributed by atoms with Gasteiger partial charge in [-0.2, -0.15) is 0 Å². The molecule has 30 heavy (non-hydrogen) atoms. The Balaban J connectivity index is 1.83. The van der Waals surface area contributed by atoms with Crippen molar-refractivity contribution < 1.29 is 26.3 Å². The number of para-hydroxylation sites is 2. The Kier molecular flexibility index (Phi) is 6.92. The number of nitrogens with zero attached hydrogens (tertiary/aromatic N) is 1. The Morgan fingerprint density at radius 3 is 2.37 bits per heavy atom. The number of alkyl halides is 3. The first kappa shape index (κ1) is 22.4. The summed E-state index contributed by atoms with van der Waals surface area (Å²) in [6, 6.07) is 12.0. The van der Waals surface area contributed by atoms with Crippen molar-refractivity contribution in [1.29, 1.82) is 0 Å². The number of hydrogen-bond donors (Lipinski definition) is 1. The van der Waals surface area contributed by atoms with Crippen LogP contribution in [0.1, 0.15) is 37.7 Å². The number of halogens is 3. The van der Waals surface area contributed by atoms with E-state index < -0.39 is 27.0 Å². The number of anilines is 1. The molecule has 1 aliphatic carbocycles. The quantitative estimate of drug-likeness (QED) is 0.644. The van der Waals surface area contributed by atoms with E-state index in [1.165, 1.54) is 31.4 Å². The van der Waals surface area contributed by atoms with E-state index in [0.717, 1.165) is 30.5 Å². The van der Waals surface area contributed by atoms with E-state index in [4.69, 9.17) is 0 Å². The van der Waals surface area contributed by atoms with E-state index in [1.54, 1.807) is 12.1 Å². The molecule has 1 fully saturated rings. The van der Waals surface area contributed by atoms with Crippen molar-refractivity contribution in [3.8, 4) is 5.75 Å². The largest absolute Gasteiger partial charge is 0.573 e. The van der Waals surface area contributed by atoms with E-state index >= 15 is 0 Å². The van der Waals surface area contributed by atoms with E-state index in [-0.39, 0.29) is 0 Å². The zero-order chi connectivity index (χ0) is 21.8. The van der Waals surface area contributed by atoms with Crippen molar-refractivity contribution in [2.24, 2.45) is 0 Å². The zero-order valence-electron chi connectivity index (χ0n) is 16.7. The zero-order valence-corrected chi connectivity index (χ0v) is 17.5. The van der Waals surface area contributed by atoms with Gasteiger partial charge in [0.1, 0.15) is 10.6 Å². The maximum atomic E-state index is 12.9. The van der Waals surface area contributed by atoms with E-state index in [2.05, 4.69) is 14.4 Å². The molecule has 0 radical (unpaired) electrons. The highest BCUT2D eigenvalue weighted by atomic mass is 32.2. The summed E-state index contributed by atoms with van der Waals surface area (Å²) in [6.07, 6.45) is 0.810. The number of nitrogens with one attached hydrogen (secondary N) is 1. The summed E-state index contributed by atoms with van der Waals surface area (Å²) in [5, 5.41) is 0. The van der Waals surface area contributed by atoms with Gasteiger partial charge in [-0.3, -0.25) is 9.62 Å². The first-order valence-electron chi connectivity index (χ1n) is 9.81. The lowest BCUT2D eigenvalue weighted by Gasteiger charge is -2.31. The number of ether oxygens (including phenoxy) is 1. The van der Waals surface area contributed by atoms with E-state index in [9.17, 15) is 21.6 Å². The molecule has 5 nitrogen and oxygen atoms in total. The van der Waals surface area contributed by atoms with Gasteiger partial charge in [-0.1, -0.05) is 49.6 Å². The number of benzene rings is 2. The summed E-state index contributed by atoms with van der Waals surface area (Å²) >= 11 is 0. The predicted molar refractivity (Wildman–Crippen MR) is 109 cm³/mol. The highest BCUT2D eigenvalue weighted by molar-refractivity contribution is 7.92. The molecular formula is C21H25F3N2O3S. The van der Waals surface area contributed by atoms with Crippen LogP contribution in [-0.4, -0.2) is 32.8 Å². The van der Waals surface area contributed by atoms with Gasteiger partial charge in [0.15, 0.2) is 0 Å². The van der Waals surface area contributed by atoms with Crippen LogP contribution in [0.4, 0.5) is 18.9 Å². The Labute approximate surface area is 174 Å². The number of hydrogen-bond acceptors (Lipinski definition) is 4. The Bertz CT molecular complexity index is 958. The van der Waals surface area contributed by atoms with Crippen molar-refractivity contribution in [2.75, 3.05) is 11.8 Å². The van der Waals surface area contributed by atoms with Gasteiger partial charge in [-0.15, -0.1) is 13.2 Å². The average molecular weight is 443 g/mol. The molecule has 0 aromatic heterocycles. The lowest BCUT2D eigenvalue weighted by atomic mass is 9.94. The third kappa shape index (κ3) is 5.89. The molecule has 0 bridgehead atoms. The summed E-state index contributed by atoms with van der Waals surface area (Å²) in [7, 11) is -2.29. The normalized spacial score (nSPS) is 15.9. The lowest BCUT2D eigenvalue weighted by molar-refractivity contribution is -0.275. The van der Waals surface area contributed by atoms with E-state index in [0.29, 0.717) is 18.3 Å². The molecule has 1 aliphatic rings. The Morgan fingerprint density at radius 1 is 1.03 bits per heavy atom. The van der Waals surface area contributed by atoms with Crippen molar-refractivity contribution >= 4 is 15.7 Å². The first-order chi connectivity index (χ1) is 14.2. The minimum absolute atomic E-state index is 0.335. The van der Waals surface area contributed by atoms with Crippen molar-refractivity contribution in [2.45, 2.75) is 55.9 Å². The Hall–Kier alpha value is -2.26. The Morgan fingerprint density at radius 2 is 1.67 bits per heavy atom.